The standard InChI is InChI=1S/C12H12ClN3O2/c1-7-4-9(18-16-7)6-15-12(17)10-3-2-8(13)5-11(10)14/h2-5H,6,14H2,1H3,(H,15,17). The summed E-state index contributed by atoms with van der Waals surface area (Å²) < 4.78 is 4.98. The number of hydrogen-bond donors (Lipinski definition) is 2. The highest BCUT2D eigenvalue weighted by Crippen LogP contribution is 2.17. The van der Waals surface area contributed by atoms with Crippen LogP contribution in [0.25, 0.3) is 0 Å². The number of amides is 1. The molecule has 0 spiro atoms. The highest BCUT2D eigenvalue weighted by molar-refractivity contribution is 6.31. The van der Waals surface area contributed by atoms with Crippen LogP contribution in [0, 0.1) is 6.92 Å². The molecule has 0 radical (unpaired) electrons. The summed E-state index contributed by atoms with van der Waals surface area (Å²) in [6, 6.07) is 6.49. The zero-order valence-corrected chi connectivity index (χ0v) is 10.5. The Morgan fingerprint density at radius 2 is 2.28 bits per heavy atom. The number of carbonyl (C=O) groups is 1. The van der Waals surface area contributed by atoms with Gasteiger partial charge >= 0.3 is 0 Å². The van der Waals surface area contributed by atoms with Gasteiger partial charge in [-0.05, 0) is 25.1 Å². The van der Waals surface area contributed by atoms with Crippen LogP contribution < -0.4 is 11.1 Å². The lowest BCUT2D eigenvalue weighted by atomic mass is 10.1. The van der Waals surface area contributed by atoms with Crippen molar-refractivity contribution in [2.45, 2.75) is 13.5 Å². The maximum Gasteiger partial charge on any atom is 0.253 e. The van der Waals surface area contributed by atoms with Gasteiger partial charge in [0.05, 0.1) is 17.8 Å². The van der Waals surface area contributed by atoms with Gasteiger partial charge in [-0.2, -0.15) is 0 Å². The molecule has 94 valence electrons. The Morgan fingerprint density at radius 1 is 1.50 bits per heavy atom. The number of nitrogens with two attached hydrogens (primary N) is 1. The summed E-state index contributed by atoms with van der Waals surface area (Å²) in [7, 11) is 0. The molecule has 1 amide bonds. The predicted octanol–water partition coefficient (Wildman–Crippen LogP) is 2.15. The molecule has 6 heteroatoms. The molecule has 0 saturated heterocycles. The molecule has 0 aliphatic rings. The minimum atomic E-state index is -0.279. The zero-order chi connectivity index (χ0) is 13.1. The van der Waals surface area contributed by atoms with Crippen LogP contribution in [-0.4, -0.2) is 11.1 Å². The van der Waals surface area contributed by atoms with Gasteiger partial charge in [0.1, 0.15) is 0 Å². The molecular weight excluding hydrogens is 254 g/mol. The fraction of sp³-hybridized carbons (Fsp3) is 0.167. The summed E-state index contributed by atoms with van der Waals surface area (Å²) in [4.78, 5) is 11.9. The number of rotatable bonds is 3. The zero-order valence-electron chi connectivity index (χ0n) is 9.74. The second-order valence-corrected chi connectivity index (χ2v) is 4.29. The Labute approximate surface area is 109 Å². The van der Waals surface area contributed by atoms with Crippen molar-refractivity contribution >= 4 is 23.2 Å². The van der Waals surface area contributed by atoms with Crippen molar-refractivity contribution in [1.29, 1.82) is 0 Å². The first-order valence-corrected chi connectivity index (χ1v) is 5.69. The van der Waals surface area contributed by atoms with E-state index in [1.165, 1.54) is 6.07 Å². The fourth-order valence-electron chi connectivity index (χ4n) is 1.50. The minimum absolute atomic E-state index is 0.266. The molecule has 0 bridgehead atoms. The molecule has 0 unspecified atom stereocenters. The van der Waals surface area contributed by atoms with Crippen molar-refractivity contribution in [3.05, 3.63) is 46.3 Å². The third-order valence-electron chi connectivity index (χ3n) is 2.36. The lowest BCUT2D eigenvalue weighted by molar-refractivity contribution is 0.0948. The Balaban J connectivity index is 2.03. The molecule has 0 aliphatic carbocycles. The summed E-state index contributed by atoms with van der Waals surface area (Å²) in [6.45, 7) is 2.08. The number of halogens is 1. The second-order valence-electron chi connectivity index (χ2n) is 3.85. The van der Waals surface area contributed by atoms with E-state index in [1.807, 2.05) is 6.92 Å². The molecule has 18 heavy (non-hydrogen) atoms. The average molecular weight is 266 g/mol. The van der Waals surface area contributed by atoms with E-state index in [0.717, 1.165) is 5.69 Å². The lowest BCUT2D eigenvalue weighted by Crippen LogP contribution is -2.23. The first-order chi connectivity index (χ1) is 8.56. The molecule has 5 nitrogen and oxygen atoms in total. The largest absolute Gasteiger partial charge is 0.398 e. The molecule has 2 rings (SSSR count). The van der Waals surface area contributed by atoms with Crippen molar-refractivity contribution in [1.82, 2.24) is 10.5 Å². The van der Waals surface area contributed by atoms with Gasteiger partial charge in [-0.1, -0.05) is 16.8 Å². The number of hydrogen-bond acceptors (Lipinski definition) is 4. The number of nitrogens with zero attached hydrogens (tertiary/aromatic N) is 1. The molecule has 3 N–H and O–H groups in total. The Morgan fingerprint density at radius 3 is 2.89 bits per heavy atom. The van der Waals surface area contributed by atoms with Crippen LogP contribution in [0.4, 0.5) is 5.69 Å². The molecule has 1 aromatic heterocycles. The summed E-state index contributed by atoms with van der Waals surface area (Å²) in [5.74, 6) is 0.312. The molecule has 0 atom stereocenters. The average Bonchev–Trinajstić information content (AvgIpc) is 2.72. The van der Waals surface area contributed by atoms with E-state index in [0.29, 0.717) is 22.0 Å². The number of benzene rings is 1. The summed E-state index contributed by atoms with van der Waals surface area (Å²) in [5, 5.41) is 6.92. The van der Waals surface area contributed by atoms with Gasteiger partial charge in [0.2, 0.25) is 0 Å². The van der Waals surface area contributed by atoms with E-state index in [-0.39, 0.29) is 12.5 Å². The van der Waals surface area contributed by atoms with Crippen molar-refractivity contribution in [2.75, 3.05) is 5.73 Å². The Bertz CT molecular complexity index is 580. The van der Waals surface area contributed by atoms with Gasteiger partial charge in [0.25, 0.3) is 5.91 Å². The third-order valence-corrected chi connectivity index (χ3v) is 2.59. The van der Waals surface area contributed by atoms with E-state index in [4.69, 9.17) is 21.9 Å². The van der Waals surface area contributed by atoms with Gasteiger partial charge in [0.15, 0.2) is 5.76 Å². The van der Waals surface area contributed by atoms with E-state index in [9.17, 15) is 4.79 Å². The summed E-state index contributed by atoms with van der Waals surface area (Å²) >= 11 is 5.76. The molecule has 2 aromatic rings. The number of nitrogens with one attached hydrogen (secondary N) is 1. The summed E-state index contributed by atoms with van der Waals surface area (Å²) in [6.07, 6.45) is 0. The summed E-state index contributed by atoms with van der Waals surface area (Å²) in [5.41, 5.74) is 7.21. The van der Waals surface area contributed by atoms with Crippen LogP contribution in [0.3, 0.4) is 0 Å². The molecule has 0 fully saturated rings. The van der Waals surface area contributed by atoms with E-state index >= 15 is 0 Å². The quantitative estimate of drug-likeness (QED) is 0.833. The number of aryl methyl sites for hydroxylation is 1. The van der Waals surface area contributed by atoms with Crippen LogP contribution in [-0.2, 0) is 6.54 Å². The topological polar surface area (TPSA) is 81.2 Å². The Hall–Kier alpha value is -2.01. The van der Waals surface area contributed by atoms with Crippen LogP contribution >= 0.6 is 11.6 Å². The fourth-order valence-corrected chi connectivity index (χ4v) is 1.68. The first kappa shape index (κ1) is 12.4. The van der Waals surface area contributed by atoms with Crippen LogP contribution in [0.1, 0.15) is 21.8 Å². The molecular formula is C12H12ClN3O2. The van der Waals surface area contributed by atoms with Crippen LogP contribution in [0.15, 0.2) is 28.8 Å². The van der Waals surface area contributed by atoms with Crippen LogP contribution in [0.2, 0.25) is 5.02 Å². The van der Waals surface area contributed by atoms with Gasteiger partial charge in [-0.25, -0.2) is 0 Å². The van der Waals surface area contributed by atoms with Gasteiger partial charge in [-0.3, -0.25) is 4.79 Å². The van der Waals surface area contributed by atoms with Gasteiger partial charge in [-0.15, -0.1) is 0 Å². The monoisotopic (exact) mass is 265 g/mol. The second kappa shape index (κ2) is 5.10. The number of nitrogen functional groups attached to an aromatic ring is 1. The number of carbonyl (C=O) groups excluding carboxylic acids is 1. The minimum Gasteiger partial charge on any atom is -0.398 e. The van der Waals surface area contributed by atoms with Crippen molar-refractivity contribution < 1.29 is 9.32 Å². The van der Waals surface area contributed by atoms with Crippen molar-refractivity contribution in [2.24, 2.45) is 0 Å². The normalized spacial score (nSPS) is 10.3. The molecule has 0 saturated carbocycles. The van der Waals surface area contributed by atoms with E-state index in [2.05, 4.69) is 10.5 Å². The highest BCUT2D eigenvalue weighted by Gasteiger charge is 2.10. The van der Waals surface area contributed by atoms with E-state index < -0.39 is 0 Å². The van der Waals surface area contributed by atoms with Gasteiger partial charge in [0, 0.05) is 16.8 Å². The maximum absolute atomic E-state index is 11.9. The Kier molecular flexibility index (Phi) is 3.53. The lowest BCUT2D eigenvalue weighted by Gasteiger charge is -2.06. The number of aromatic nitrogens is 1. The molecule has 0 aliphatic heterocycles. The first-order valence-electron chi connectivity index (χ1n) is 5.31. The van der Waals surface area contributed by atoms with Crippen molar-refractivity contribution in [3.63, 3.8) is 0 Å². The molecule has 1 aromatic carbocycles. The van der Waals surface area contributed by atoms with E-state index in [1.54, 1.807) is 18.2 Å². The smallest absolute Gasteiger partial charge is 0.253 e. The van der Waals surface area contributed by atoms with Crippen LogP contribution in [0.5, 0.6) is 0 Å². The SMILES string of the molecule is Cc1cc(CNC(=O)c2ccc(Cl)cc2N)on1. The third kappa shape index (κ3) is 2.81. The maximum atomic E-state index is 11.9. The highest BCUT2D eigenvalue weighted by atomic mass is 35.5. The number of anilines is 1. The van der Waals surface area contributed by atoms with Crippen molar-refractivity contribution in [3.8, 4) is 0 Å². The predicted molar refractivity (Wildman–Crippen MR) is 68.3 cm³/mol. The molecule has 1 heterocycles. The van der Waals surface area contributed by atoms with Gasteiger partial charge < -0.3 is 15.6 Å².